The molecule has 0 bridgehead atoms. The van der Waals surface area contributed by atoms with E-state index in [9.17, 15) is 9.59 Å². The minimum atomic E-state index is -0.407. The number of halogens is 1. The van der Waals surface area contributed by atoms with Gasteiger partial charge in [-0.25, -0.2) is 4.98 Å². The van der Waals surface area contributed by atoms with Crippen LogP contribution in [0.25, 0.3) is 11.3 Å². The highest BCUT2D eigenvalue weighted by Crippen LogP contribution is 2.36. The maximum Gasteiger partial charge on any atom is 0.303 e. The van der Waals surface area contributed by atoms with Crippen LogP contribution >= 0.6 is 11.6 Å². The molecule has 8 heteroatoms. The largest absolute Gasteiger partial charge is 0.458 e. The number of benzene rings is 2. The summed E-state index contributed by atoms with van der Waals surface area (Å²) in [6.07, 6.45) is 0. The third kappa shape index (κ3) is 4.48. The average Bonchev–Trinajstić information content (AvgIpc) is 3.15. The van der Waals surface area contributed by atoms with E-state index in [1.54, 1.807) is 12.1 Å². The summed E-state index contributed by atoms with van der Waals surface area (Å²) in [4.78, 5) is 33.4. The normalized spacial score (nSPS) is 14.3. The van der Waals surface area contributed by atoms with Crippen molar-refractivity contribution in [1.29, 1.82) is 5.26 Å². The van der Waals surface area contributed by atoms with Crippen molar-refractivity contribution < 1.29 is 14.3 Å². The van der Waals surface area contributed by atoms with E-state index in [0.29, 0.717) is 35.7 Å². The molecule has 2 aromatic carbocycles. The number of nitrogens with one attached hydrogen (secondary N) is 1. The molecule has 7 nitrogen and oxygen atoms in total. The monoisotopic (exact) mass is 462 g/mol. The summed E-state index contributed by atoms with van der Waals surface area (Å²) in [5.41, 5.74) is 4.43. The molecule has 1 amide bonds. The summed E-state index contributed by atoms with van der Waals surface area (Å²) in [7, 11) is 0. The summed E-state index contributed by atoms with van der Waals surface area (Å²) in [6.45, 7) is 6.56. The SMILES string of the molecule is CC(=O)OCc1nc(Cl)c(-c2cc(C(=O)N3CC(C)(c4ccc(C#N)cc4)C3)ccc2C)[nH]1. The Morgan fingerprint density at radius 3 is 2.58 bits per heavy atom. The molecule has 0 radical (unpaired) electrons. The van der Waals surface area contributed by atoms with E-state index >= 15 is 0 Å². The van der Waals surface area contributed by atoms with Gasteiger partial charge in [-0.2, -0.15) is 5.26 Å². The van der Waals surface area contributed by atoms with E-state index in [1.165, 1.54) is 6.92 Å². The van der Waals surface area contributed by atoms with Crippen LogP contribution in [0.1, 0.15) is 46.7 Å². The standard InChI is InChI=1S/C25H23ClN4O3/c1-15-4-7-18(10-20(15)22-23(26)29-21(28-22)12-33-16(2)31)24(32)30-13-25(3,14-30)19-8-5-17(11-27)6-9-19/h4-10H,12-14H2,1-3H3,(H,28,29). The number of hydrogen-bond acceptors (Lipinski definition) is 5. The van der Waals surface area contributed by atoms with Gasteiger partial charge in [0.05, 0.1) is 17.3 Å². The van der Waals surface area contributed by atoms with E-state index in [0.717, 1.165) is 16.7 Å². The van der Waals surface area contributed by atoms with Crippen LogP contribution in [0, 0.1) is 18.3 Å². The summed E-state index contributed by atoms with van der Waals surface area (Å²) < 4.78 is 4.98. The average molecular weight is 463 g/mol. The predicted octanol–water partition coefficient (Wildman–Crippen LogP) is 4.39. The van der Waals surface area contributed by atoms with Crippen LogP contribution in [-0.2, 0) is 21.6 Å². The maximum absolute atomic E-state index is 13.2. The van der Waals surface area contributed by atoms with Gasteiger partial charge in [0.1, 0.15) is 12.4 Å². The molecule has 1 N–H and O–H groups in total. The molecule has 168 valence electrons. The van der Waals surface area contributed by atoms with Gasteiger partial charge in [-0.05, 0) is 42.3 Å². The Morgan fingerprint density at radius 1 is 1.24 bits per heavy atom. The summed E-state index contributed by atoms with van der Waals surface area (Å²) in [5, 5.41) is 9.25. The van der Waals surface area contributed by atoms with E-state index in [4.69, 9.17) is 21.6 Å². The lowest BCUT2D eigenvalue weighted by molar-refractivity contribution is -0.142. The number of nitriles is 1. The van der Waals surface area contributed by atoms with Gasteiger partial charge in [-0.1, -0.05) is 36.7 Å². The predicted molar refractivity (Wildman–Crippen MR) is 124 cm³/mol. The highest BCUT2D eigenvalue weighted by Gasteiger charge is 2.42. The summed E-state index contributed by atoms with van der Waals surface area (Å²) in [6, 6.07) is 15.2. The van der Waals surface area contributed by atoms with Crippen molar-refractivity contribution in [1.82, 2.24) is 14.9 Å². The van der Waals surface area contributed by atoms with Crippen LogP contribution in [0.15, 0.2) is 42.5 Å². The second kappa shape index (κ2) is 8.72. The molecule has 1 aliphatic rings. The van der Waals surface area contributed by atoms with Crippen LogP contribution < -0.4 is 0 Å². The summed E-state index contributed by atoms with van der Waals surface area (Å²) in [5.74, 6) is -0.0317. The van der Waals surface area contributed by atoms with Gasteiger partial charge in [0.25, 0.3) is 5.91 Å². The number of likely N-dealkylation sites (tertiary alicyclic amines) is 1. The number of hydrogen-bond donors (Lipinski definition) is 1. The van der Waals surface area contributed by atoms with Crippen molar-refractivity contribution in [2.75, 3.05) is 13.1 Å². The first-order valence-corrected chi connectivity index (χ1v) is 10.9. The molecule has 1 fully saturated rings. The zero-order valence-corrected chi connectivity index (χ0v) is 19.4. The van der Waals surface area contributed by atoms with E-state index in [2.05, 4.69) is 23.0 Å². The number of carbonyl (C=O) groups excluding carboxylic acids is 2. The third-order valence-corrected chi connectivity index (χ3v) is 6.23. The molecular formula is C25H23ClN4O3. The number of ether oxygens (including phenoxy) is 1. The Balaban J connectivity index is 1.52. The minimum Gasteiger partial charge on any atom is -0.458 e. The maximum atomic E-state index is 13.2. The van der Waals surface area contributed by atoms with Gasteiger partial charge in [0, 0.05) is 36.6 Å². The van der Waals surface area contributed by atoms with E-state index < -0.39 is 5.97 Å². The number of esters is 1. The van der Waals surface area contributed by atoms with Crippen molar-refractivity contribution in [3.8, 4) is 17.3 Å². The highest BCUT2D eigenvalue weighted by atomic mass is 35.5. The first kappa shape index (κ1) is 22.6. The molecule has 3 aromatic rings. The molecule has 1 saturated heterocycles. The van der Waals surface area contributed by atoms with Gasteiger partial charge in [-0.15, -0.1) is 0 Å². The second-order valence-corrected chi connectivity index (χ2v) is 8.93. The Kier molecular flexibility index (Phi) is 5.96. The van der Waals surface area contributed by atoms with E-state index in [1.807, 2.05) is 42.2 Å². The van der Waals surface area contributed by atoms with Crippen molar-refractivity contribution in [3.63, 3.8) is 0 Å². The zero-order valence-electron chi connectivity index (χ0n) is 18.6. The number of nitrogens with zero attached hydrogens (tertiary/aromatic N) is 3. The Labute approximate surface area is 197 Å². The fourth-order valence-electron chi connectivity index (χ4n) is 4.09. The van der Waals surface area contributed by atoms with Gasteiger partial charge >= 0.3 is 5.97 Å². The number of aromatic nitrogens is 2. The van der Waals surface area contributed by atoms with Crippen molar-refractivity contribution in [3.05, 3.63) is 75.7 Å². The number of rotatable bonds is 5. The minimum absolute atomic E-state index is 0.00553. The molecule has 0 unspecified atom stereocenters. The van der Waals surface area contributed by atoms with Crippen LogP contribution in [0.5, 0.6) is 0 Å². The quantitative estimate of drug-likeness (QED) is 0.567. The van der Waals surface area contributed by atoms with Crippen LogP contribution in [0.3, 0.4) is 0 Å². The molecule has 2 heterocycles. The molecule has 1 aliphatic heterocycles. The van der Waals surface area contributed by atoms with Gasteiger partial charge < -0.3 is 14.6 Å². The van der Waals surface area contributed by atoms with Crippen molar-refractivity contribution in [2.45, 2.75) is 32.8 Å². The molecule has 0 aliphatic carbocycles. The zero-order chi connectivity index (χ0) is 23.8. The summed E-state index contributed by atoms with van der Waals surface area (Å²) >= 11 is 6.33. The Bertz CT molecular complexity index is 1270. The molecule has 0 saturated carbocycles. The molecule has 4 rings (SSSR count). The van der Waals surface area contributed by atoms with Crippen LogP contribution in [0.2, 0.25) is 5.15 Å². The lowest BCUT2D eigenvalue weighted by Gasteiger charge is -2.48. The first-order chi connectivity index (χ1) is 15.7. The van der Waals surface area contributed by atoms with Gasteiger partial charge in [0.15, 0.2) is 5.15 Å². The number of aryl methyl sites for hydroxylation is 1. The molecule has 0 atom stereocenters. The number of carbonyl (C=O) groups is 2. The second-order valence-electron chi connectivity index (χ2n) is 8.57. The fourth-order valence-corrected chi connectivity index (χ4v) is 4.34. The van der Waals surface area contributed by atoms with E-state index in [-0.39, 0.29) is 23.1 Å². The highest BCUT2D eigenvalue weighted by molar-refractivity contribution is 6.32. The first-order valence-electron chi connectivity index (χ1n) is 10.5. The third-order valence-electron chi connectivity index (χ3n) is 5.95. The lowest BCUT2D eigenvalue weighted by atomic mass is 9.75. The van der Waals surface area contributed by atoms with Gasteiger partial charge in [0.2, 0.25) is 0 Å². The topological polar surface area (TPSA) is 99.1 Å². The Hall–Kier alpha value is -3.63. The van der Waals surface area contributed by atoms with Crippen molar-refractivity contribution >= 4 is 23.5 Å². The fraction of sp³-hybridized carbons (Fsp3) is 0.280. The number of imidazole rings is 1. The number of H-pyrrole nitrogens is 1. The molecule has 33 heavy (non-hydrogen) atoms. The van der Waals surface area contributed by atoms with Crippen molar-refractivity contribution in [2.24, 2.45) is 0 Å². The van der Waals surface area contributed by atoms with Gasteiger partial charge in [-0.3, -0.25) is 9.59 Å². The van der Waals surface area contributed by atoms with Crippen LogP contribution in [-0.4, -0.2) is 39.8 Å². The molecular weight excluding hydrogens is 440 g/mol. The molecule has 1 aromatic heterocycles. The van der Waals surface area contributed by atoms with Crippen LogP contribution in [0.4, 0.5) is 0 Å². The number of amides is 1. The molecule has 0 spiro atoms. The lowest BCUT2D eigenvalue weighted by Crippen LogP contribution is -2.59. The smallest absolute Gasteiger partial charge is 0.303 e. The Morgan fingerprint density at radius 2 is 1.94 bits per heavy atom. The number of aromatic amines is 1.